The number of carbonyl (C=O) groups excluding carboxylic acids is 2. The Morgan fingerprint density at radius 1 is 1.12 bits per heavy atom. The molecule has 1 amide bonds. The molecule has 0 unspecified atom stereocenters. The maximum absolute atomic E-state index is 12.2. The van der Waals surface area contributed by atoms with E-state index in [1.54, 1.807) is 0 Å². The van der Waals surface area contributed by atoms with Crippen molar-refractivity contribution in [1.82, 2.24) is 4.72 Å². The molecule has 146 valence electrons. The predicted molar refractivity (Wildman–Crippen MR) is 77.2 cm³/mol. The standard InChI is InChI=1S/C13H20F3NO7S/c1-12(6-18,7-19)11(21)24-9-4-2-8(3-5-9)10(20)17-25(22,23)13(14,15)16/h8-9,18-19H,2-7H2,1H3,(H,17,20). The van der Waals surface area contributed by atoms with Crippen molar-refractivity contribution < 1.29 is 46.1 Å². The van der Waals surface area contributed by atoms with Gasteiger partial charge in [0.15, 0.2) is 0 Å². The molecule has 1 rings (SSSR count). The van der Waals surface area contributed by atoms with E-state index in [2.05, 4.69) is 0 Å². The first-order valence-corrected chi connectivity index (χ1v) is 8.90. The van der Waals surface area contributed by atoms with Crippen molar-refractivity contribution in [1.29, 1.82) is 0 Å². The van der Waals surface area contributed by atoms with Gasteiger partial charge in [0.25, 0.3) is 0 Å². The third kappa shape index (κ3) is 5.28. The zero-order valence-electron chi connectivity index (χ0n) is 13.4. The van der Waals surface area contributed by atoms with Gasteiger partial charge in [-0.05, 0) is 32.6 Å². The topological polar surface area (TPSA) is 130 Å². The number of alkyl halides is 3. The highest BCUT2D eigenvalue weighted by Crippen LogP contribution is 2.29. The molecule has 8 nitrogen and oxygen atoms in total. The number of carbonyl (C=O) groups is 2. The van der Waals surface area contributed by atoms with Gasteiger partial charge in [0.05, 0.1) is 13.2 Å². The average molecular weight is 391 g/mol. The lowest BCUT2D eigenvalue weighted by Gasteiger charge is -2.30. The number of hydrogen-bond donors (Lipinski definition) is 3. The Morgan fingerprint density at radius 2 is 1.60 bits per heavy atom. The third-order valence-electron chi connectivity index (χ3n) is 4.05. The summed E-state index contributed by atoms with van der Waals surface area (Å²) >= 11 is 0. The van der Waals surface area contributed by atoms with E-state index in [4.69, 9.17) is 14.9 Å². The Morgan fingerprint density at radius 3 is 2.00 bits per heavy atom. The maximum Gasteiger partial charge on any atom is 0.516 e. The number of sulfonamides is 1. The van der Waals surface area contributed by atoms with Crippen LogP contribution in [-0.2, 0) is 24.3 Å². The Hall–Kier alpha value is -1.40. The van der Waals surface area contributed by atoms with Gasteiger partial charge in [0.2, 0.25) is 5.91 Å². The van der Waals surface area contributed by atoms with Crippen molar-refractivity contribution in [3.8, 4) is 0 Å². The number of nitrogens with one attached hydrogen (secondary N) is 1. The minimum absolute atomic E-state index is 0.0339. The molecule has 0 radical (unpaired) electrons. The average Bonchev–Trinajstić information content (AvgIpc) is 2.53. The highest BCUT2D eigenvalue weighted by Gasteiger charge is 2.48. The van der Waals surface area contributed by atoms with Crippen LogP contribution >= 0.6 is 0 Å². The lowest BCUT2D eigenvalue weighted by atomic mass is 9.86. The first-order valence-electron chi connectivity index (χ1n) is 7.42. The van der Waals surface area contributed by atoms with Gasteiger partial charge >= 0.3 is 21.5 Å². The van der Waals surface area contributed by atoms with E-state index in [1.807, 2.05) is 0 Å². The number of amides is 1. The Kier molecular flexibility index (Phi) is 6.81. The first kappa shape index (κ1) is 21.6. The Bertz CT molecular complexity index is 593. The van der Waals surface area contributed by atoms with Gasteiger partial charge in [-0.15, -0.1) is 0 Å². The lowest BCUT2D eigenvalue weighted by Crippen LogP contribution is -2.44. The molecule has 1 saturated carbocycles. The number of aliphatic hydroxyl groups is 2. The molecule has 0 aromatic rings. The quantitative estimate of drug-likeness (QED) is 0.545. The molecule has 0 saturated heterocycles. The van der Waals surface area contributed by atoms with Crippen LogP contribution < -0.4 is 4.72 Å². The summed E-state index contributed by atoms with van der Waals surface area (Å²) < 4.78 is 64.7. The van der Waals surface area contributed by atoms with E-state index in [0.717, 1.165) is 4.72 Å². The number of esters is 1. The third-order valence-corrected chi connectivity index (χ3v) is 5.13. The van der Waals surface area contributed by atoms with E-state index < -0.39 is 58.1 Å². The monoisotopic (exact) mass is 391 g/mol. The molecule has 0 bridgehead atoms. The highest BCUT2D eigenvalue weighted by molar-refractivity contribution is 7.90. The highest BCUT2D eigenvalue weighted by atomic mass is 32.2. The summed E-state index contributed by atoms with van der Waals surface area (Å²) in [4.78, 5) is 23.6. The normalized spacial score (nSPS) is 22.3. The molecule has 0 aromatic heterocycles. The van der Waals surface area contributed by atoms with Gasteiger partial charge in [-0.1, -0.05) is 0 Å². The van der Waals surface area contributed by atoms with Crippen LogP contribution in [0.25, 0.3) is 0 Å². The van der Waals surface area contributed by atoms with Crippen molar-refractivity contribution in [2.45, 2.75) is 44.2 Å². The summed E-state index contributed by atoms with van der Waals surface area (Å²) in [6.45, 7) is 0.0428. The molecule has 0 heterocycles. The zero-order valence-corrected chi connectivity index (χ0v) is 14.2. The summed E-state index contributed by atoms with van der Waals surface area (Å²) in [7, 11) is -5.75. The SMILES string of the molecule is CC(CO)(CO)C(=O)OC1CCC(C(=O)NS(=O)(=O)C(F)(F)F)CC1. The molecule has 25 heavy (non-hydrogen) atoms. The van der Waals surface area contributed by atoms with Gasteiger partial charge < -0.3 is 14.9 Å². The second-order valence-corrected chi connectivity index (χ2v) is 7.85. The minimum atomic E-state index is -5.75. The summed E-state index contributed by atoms with van der Waals surface area (Å²) in [6, 6.07) is 0. The van der Waals surface area contributed by atoms with Crippen LogP contribution in [0, 0.1) is 11.3 Å². The summed E-state index contributed by atoms with van der Waals surface area (Å²) in [6.07, 6.45) is -0.280. The van der Waals surface area contributed by atoms with Crippen molar-refractivity contribution >= 4 is 21.9 Å². The minimum Gasteiger partial charge on any atom is -0.462 e. The molecule has 1 fully saturated rings. The fourth-order valence-electron chi connectivity index (χ4n) is 2.19. The first-order chi connectivity index (χ1) is 11.4. The van der Waals surface area contributed by atoms with Gasteiger partial charge in [-0.25, -0.2) is 4.72 Å². The van der Waals surface area contributed by atoms with Crippen LogP contribution in [0.1, 0.15) is 32.6 Å². The van der Waals surface area contributed by atoms with E-state index in [9.17, 15) is 31.2 Å². The van der Waals surface area contributed by atoms with Crippen molar-refractivity contribution in [2.75, 3.05) is 13.2 Å². The van der Waals surface area contributed by atoms with Crippen molar-refractivity contribution in [3.05, 3.63) is 0 Å². The van der Waals surface area contributed by atoms with Gasteiger partial charge in [-0.2, -0.15) is 21.6 Å². The summed E-state index contributed by atoms with van der Waals surface area (Å²) in [5.74, 6) is -3.03. The number of aliphatic hydroxyl groups excluding tert-OH is 2. The van der Waals surface area contributed by atoms with Crippen LogP contribution in [-0.4, -0.2) is 55.3 Å². The smallest absolute Gasteiger partial charge is 0.462 e. The Labute approximate surface area is 142 Å². The van der Waals surface area contributed by atoms with Crippen LogP contribution in [0.3, 0.4) is 0 Å². The van der Waals surface area contributed by atoms with Gasteiger partial charge in [0, 0.05) is 5.92 Å². The van der Waals surface area contributed by atoms with E-state index in [0.29, 0.717) is 0 Å². The maximum atomic E-state index is 12.2. The molecule has 0 aliphatic heterocycles. The van der Waals surface area contributed by atoms with Crippen molar-refractivity contribution in [3.63, 3.8) is 0 Å². The molecule has 3 N–H and O–H groups in total. The second kappa shape index (κ2) is 7.87. The fourth-order valence-corrected chi connectivity index (χ4v) is 2.74. The molecule has 0 atom stereocenters. The van der Waals surface area contributed by atoms with Crippen LogP contribution in [0.5, 0.6) is 0 Å². The van der Waals surface area contributed by atoms with Crippen LogP contribution in [0.2, 0.25) is 0 Å². The Balaban J connectivity index is 2.57. The lowest BCUT2D eigenvalue weighted by molar-refractivity contribution is -0.167. The van der Waals surface area contributed by atoms with Gasteiger partial charge in [0.1, 0.15) is 11.5 Å². The molecule has 12 heteroatoms. The molecule has 1 aliphatic carbocycles. The van der Waals surface area contributed by atoms with Crippen molar-refractivity contribution in [2.24, 2.45) is 11.3 Å². The second-order valence-electron chi connectivity index (χ2n) is 6.17. The van der Waals surface area contributed by atoms with Crippen LogP contribution in [0.15, 0.2) is 0 Å². The number of halogens is 3. The molecular weight excluding hydrogens is 371 g/mol. The van der Waals surface area contributed by atoms with E-state index in [-0.39, 0.29) is 25.7 Å². The summed E-state index contributed by atoms with van der Waals surface area (Å²) in [5.41, 5.74) is -7.05. The molecular formula is C13H20F3NO7S. The number of ether oxygens (including phenoxy) is 1. The zero-order chi connectivity index (χ0) is 19.5. The van der Waals surface area contributed by atoms with E-state index >= 15 is 0 Å². The number of rotatable bonds is 6. The number of hydrogen-bond acceptors (Lipinski definition) is 7. The summed E-state index contributed by atoms with van der Waals surface area (Å²) in [5, 5.41) is 18.2. The predicted octanol–water partition coefficient (Wildman–Crippen LogP) is 0.0451. The van der Waals surface area contributed by atoms with Gasteiger partial charge in [-0.3, -0.25) is 9.59 Å². The largest absolute Gasteiger partial charge is 0.516 e. The fraction of sp³-hybridized carbons (Fsp3) is 0.846. The van der Waals surface area contributed by atoms with E-state index in [1.165, 1.54) is 6.92 Å². The molecule has 0 spiro atoms. The molecule has 0 aromatic carbocycles. The molecule has 1 aliphatic rings. The van der Waals surface area contributed by atoms with Crippen LogP contribution in [0.4, 0.5) is 13.2 Å².